The SMILES string of the molecule is CS(=O)(=O)N(Cc1ccccc1F)c1ccc(OCC(=O)N2CCC(Cc3ccccc3)CC2)cc1. The average Bonchev–Trinajstić information content (AvgIpc) is 2.87. The third-order valence-corrected chi connectivity index (χ3v) is 7.63. The molecule has 0 aromatic heterocycles. The van der Waals surface area contributed by atoms with Gasteiger partial charge in [-0.25, -0.2) is 12.8 Å². The van der Waals surface area contributed by atoms with Crippen molar-refractivity contribution < 1.29 is 22.3 Å². The van der Waals surface area contributed by atoms with Crippen LogP contribution >= 0.6 is 0 Å². The summed E-state index contributed by atoms with van der Waals surface area (Å²) < 4.78 is 45.7. The lowest BCUT2D eigenvalue weighted by molar-refractivity contribution is -0.134. The summed E-state index contributed by atoms with van der Waals surface area (Å²) in [5.74, 6) is 0.515. The zero-order chi connectivity index (χ0) is 25.5. The number of hydrogen-bond acceptors (Lipinski definition) is 4. The van der Waals surface area contributed by atoms with Gasteiger partial charge in [0.15, 0.2) is 6.61 Å². The molecular formula is C28H31FN2O4S. The van der Waals surface area contributed by atoms with Crippen LogP contribution in [-0.2, 0) is 27.8 Å². The third kappa shape index (κ3) is 6.85. The molecule has 0 atom stereocenters. The molecule has 0 unspecified atom stereocenters. The number of anilines is 1. The van der Waals surface area contributed by atoms with Crippen molar-refractivity contribution in [2.75, 3.05) is 30.3 Å². The topological polar surface area (TPSA) is 66.9 Å². The van der Waals surface area contributed by atoms with Crippen molar-refractivity contribution in [1.29, 1.82) is 0 Å². The first kappa shape index (κ1) is 25.7. The average molecular weight is 511 g/mol. The number of hydrogen-bond donors (Lipinski definition) is 0. The van der Waals surface area contributed by atoms with E-state index in [0.29, 0.717) is 17.4 Å². The second kappa shape index (κ2) is 11.6. The Hall–Kier alpha value is -3.39. The van der Waals surface area contributed by atoms with Crippen LogP contribution in [0.3, 0.4) is 0 Å². The Balaban J connectivity index is 1.30. The van der Waals surface area contributed by atoms with Crippen LogP contribution < -0.4 is 9.04 Å². The minimum Gasteiger partial charge on any atom is -0.484 e. The number of ether oxygens (including phenoxy) is 1. The van der Waals surface area contributed by atoms with E-state index in [1.165, 1.54) is 11.6 Å². The van der Waals surface area contributed by atoms with E-state index in [4.69, 9.17) is 4.74 Å². The highest BCUT2D eigenvalue weighted by molar-refractivity contribution is 7.92. The summed E-state index contributed by atoms with van der Waals surface area (Å²) in [4.78, 5) is 14.5. The molecule has 1 aliphatic heterocycles. The highest BCUT2D eigenvalue weighted by Gasteiger charge is 2.23. The van der Waals surface area contributed by atoms with Crippen molar-refractivity contribution >= 4 is 21.6 Å². The van der Waals surface area contributed by atoms with Crippen LogP contribution in [0.5, 0.6) is 5.75 Å². The van der Waals surface area contributed by atoms with Crippen molar-refractivity contribution in [3.05, 3.63) is 95.8 Å². The lowest BCUT2D eigenvalue weighted by Gasteiger charge is -2.32. The largest absolute Gasteiger partial charge is 0.484 e. The van der Waals surface area contributed by atoms with E-state index < -0.39 is 15.8 Å². The maximum atomic E-state index is 14.1. The summed E-state index contributed by atoms with van der Waals surface area (Å²) in [6, 6.07) is 22.9. The molecule has 6 nitrogen and oxygen atoms in total. The van der Waals surface area contributed by atoms with Gasteiger partial charge in [0.1, 0.15) is 11.6 Å². The van der Waals surface area contributed by atoms with Crippen LogP contribution in [-0.4, -0.2) is 45.2 Å². The first-order valence-electron chi connectivity index (χ1n) is 12.1. The molecule has 1 saturated heterocycles. The molecule has 190 valence electrons. The first-order valence-corrected chi connectivity index (χ1v) is 13.9. The van der Waals surface area contributed by atoms with Crippen molar-refractivity contribution in [2.45, 2.75) is 25.8 Å². The molecular weight excluding hydrogens is 479 g/mol. The number of piperidine rings is 1. The number of benzene rings is 3. The fraction of sp³-hybridized carbons (Fsp3) is 0.321. The summed E-state index contributed by atoms with van der Waals surface area (Å²) >= 11 is 0. The quantitative estimate of drug-likeness (QED) is 0.420. The Kier molecular flexibility index (Phi) is 8.25. The number of likely N-dealkylation sites (tertiary alicyclic amines) is 1. The molecule has 3 aromatic carbocycles. The molecule has 0 spiro atoms. The molecule has 0 aliphatic carbocycles. The van der Waals surface area contributed by atoms with E-state index >= 15 is 0 Å². The molecule has 0 radical (unpaired) electrons. The molecule has 1 aliphatic rings. The van der Waals surface area contributed by atoms with Crippen LogP contribution in [0.4, 0.5) is 10.1 Å². The van der Waals surface area contributed by atoms with Crippen LogP contribution in [0.15, 0.2) is 78.9 Å². The van der Waals surface area contributed by atoms with Crippen LogP contribution in [0.1, 0.15) is 24.0 Å². The molecule has 0 bridgehead atoms. The fourth-order valence-electron chi connectivity index (χ4n) is 4.46. The zero-order valence-corrected chi connectivity index (χ0v) is 21.2. The number of sulfonamides is 1. The maximum Gasteiger partial charge on any atom is 0.260 e. The Bertz CT molecular complexity index is 1260. The highest BCUT2D eigenvalue weighted by atomic mass is 32.2. The van der Waals surface area contributed by atoms with E-state index in [-0.39, 0.29) is 24.6 Å². The van der Waals surface area contributed by atoms with Crippen LogP contribution in [0.2, 0.25) is 0 Å². The molecule has 36 heavy (non-hydrogen) atoms. The van der Waals surface area contributed by atoms with E-state index in [2.05, 4.69) is 24.3 Å². The Morgan fingerprint density at radius 2 is 1.61 bits per heavy atom. The van der Waals surface area contributed by atoms with E-state index in [0.717, 1.165) is 42.9 Å². The predicted molar refractivity (Wildman–Crippen MR) is 139 cm³/mol. The van der Waals surface area contributed by atoms with Crippen molar-refractivity contribution in [3.63, 3.8) is 0 Å². The summed E-state index contributed by atoms with van der Waals surface area (Å²) in [7, 11) is -3.65. The van der Waals surface area contributed by atoms with Crippen LogP contribution in [0.25, 0.3) is 0 Å². The number of nitrogens with zero attached hydrogens (tertiary/aromatic N) is 2. The van der Waals surface area contributed by atoms with E-state index in [9.17, 15) is 17.6 Å². The molecule has 1 heterocycles. The first-order chi connectivity index (χ1) is 17.3. The van der Waals surface area contributed by atoms with Gasteiger partial charge >= 0.3 is 0 Å². The maximum absolute atomic E-state index is 14.1. The number of rotatable bonds is 9. The van der Waals surface area contributed by atoms with Gasteiger partial charge in [0.05, 0.1) is 18.5 Å². The summed E-state index contributed by atoms with van der Waals surface area (Å²) in [6.45, 7) is 1.24. The van der Waals surface area contributed by atoms with Crippen molar-refractivity contribution in [2.24, 2.45) is 5.92 Å². The Morgan fingerprint density at radius 1 is 0.972 bits per heavy atom. The molecule has 1 fully saturated rings. The van der Waals surface area contributed by atoms with Gasteiger partial charge in [-0.15, -0.1) is 0 Å². The van der Waals surface area contributed by atoms with Crippen LogP contribution in [0, 0.1) is 11.7 Å². The van der Waals surface area contributed by atoms with E-state index in [1.54, 1.807) is 42.5 Å². The summed E-state index contributed by atoms with van der Waals surface area (Å²) in [5.41, 5.74) is 2.00. The number of halogens is 1. The lowest BCUT2D eigenvalue weighted by Crippen LogP contribution is -2.41. The third-order valence-electron chi connectivity index (χ3n) is 6.49. The van der Waals surface area contributed by atoms with Gasteiger partial charge in [-0.05, 0) is 61.1 Å². The van der Waals surface area contributed by atoms with Gasteiger partial charge in [-0.1, -0.05) is 48.5 Å². The molecule has 0 saturated carbocycles. The molecule has 8 heteroatoms. The van der Waals surface area contributed by atoms with Gasteiger partial charge in [0, 0.05) is 18.7 Å². The summed E-state index contributed by atoms with van der Waals surface area (Å²) in [6.07, 6.45) is 4.06. The smallest absolute Gasteiger partial charge is 0.260 e. The predicted octanol–water partition coefficient (Wildman–Crippen LogP) is 4.65. The molecule has 3 aromatic rings. The second-order valence-corrected chi connectivity index (χ2v) is 11.1. The fourth-order valence-corrected chi connectivity index (χ4v) is 5.34. The Labute approximate surface area is 212 Å². The number of carbonyl (C=O) groups excluding carboxylic acids is 1. The van der Waals surface area contributed by atoms with Gasteiger partial charge in [0.25, 0.3) is 5.91 Å². The van der Waals surface area contributed by atoms with E-state index in [1.807, 2.05) is 11.0 Å². The normalized spacial score (nSPS) is 14.4. The van der Waals surface area contributed by atoms with Gasteiger partial charge in [-0.2, -0.15) is 0 Å². The van der Waals surface area contributed by atoms with Gasteiger partial charge < -0.3 is 9.64 Å². The Morgan fingerprint density at radius 3 is 2.25 bits per heavy atom. The molecule has 0 N–H and O–H groups in total. The zero-order valence-electron chi connectivity index (χ0n) is 20.3. The second-order valence-electron chi connectivity index (χ2n) is 9.16. The van der Waals surface area contributed by atoms with Crippen molar-refractivity contribution in [3.8, 4) is 5.75 Å². The highest BCUT2D eigenvalue weighted by Crippen LogP contribution is 2.25. The lowest BCUT2D eigenvalue weighted by atomic mass is 9.90. The summed E-state index contributed by atoms with van der Waals surface area (Å²) in [5, 5.41) is 0. The minimum atomic E-state index is -3.65. The number of carbonyl (C=O) groups is 1. The van der Waals surface area contributed by atoms with Crippen molar-refractivity contribution in [1.82, 2.24) is 4.90 Å². The minimum absolute atomic E-state index is 0.0606. The van der Waals surface area contributed by atoms with Gasteiger partial charge in [0.2, 0.25) is 10.0 Å². The standard InChI is InChI=1S/C28H31FN2O4S/c1-36(33,34)31(20-24-9-5-6-10-27(24)29)25-11-13-26(14-12-25)35-21-28(32)30-17-15-23(16-18-30)19-22-7-3-2-4-8-22/h2-14,23H,15-21H2,1H3. The van der Waals surface area contributed by atoms with Gasteiger partial charge in [-0.3, -0.25) is 9.10 Å². The molecule has 4 rings (SSSR count). The monoisotopic (exact) mass is 510 g/mol. The number of amides is 1. The molecule has 1 amide bonds.